The first-order valence-electron chi connectivity index (χ1n) is 12.0. The number of rotatable bonds is 5. The number of nitriles is 1. The quantitative estimate of drug-likeness (QED) is 0.593. The van der Waals surface area contributed by atoms with Crippen molar-refractivity contribution in [1.29, 1.82) is 5.26 Å². The molecule has 5 rings (SSSR count). The van der Waals surface area contributed by atoms with E-state index in [4.69, 9.17) is 5.73 Å². The largest absolute Gasteiger partial charge is 0.416 e. The Morgan fingerprint density at radius 1 is 1.11 bits per heavy atom. The number of alkyl halides is 6. The summed E-state index contributed by atoms with van der Waals surface area (Å²) in [5, 5.41) is 9.34. The van der Waals surface area contributed by atoms with Crippen molar-refractivity contribution >= 4 is 11.8 Å². The molecule has 0 aromatic heterocycles. The van der Waals surface area contributed by atoms with E-state index in [1.54, 1.807) is 9.80 Å². The zero-order chi connectivity index (χ0) is 27.0. The second kappa shape index (κ2) is 8.59. The first-order valence-corrected chi connectivity index (χ1v) is 12.0. The monoisotopic (exact) mass is 529 g/mol. The Labute approximate surface area is 208 Å². The van der Waals surface area contributed by atoms with E-state index in [9.17, 15) is 41.2 Å². The van der Waals surface area contributed by atoms with Gasteiger partial charge in [0.1, 0.15) is 6.04 Å². The summed E-state index contributed by atoms with van der Waals surface area (Å²) in [7, 11) is 0. The van der Waals surface area contributed by atoms with Crippen molar-refractivity contribution in [2.24, 2.45) is 11.7 Å². The maximum absolute atomic E-state index is 13.3. The number of carbonyl (C=O) groups is 2. The smallest absolute Gasteiger partial charge is 0.330 e. The highest BCUT2D eigenvalue weighted by Gasteiger charge is 2.56. The van der Waals surface area contributed by atoms with Crippen molar-refractivity contribution in [2.45, 2.75) is 74.8 Å². The van der Waals surface area contributed by atoms with Crippen LogP contribution in [-0.2, 0) is 21.9 Å². The number of fused-ring (bicyclic) bond motifs is 3. The van der Waals surface area contributed by atoms with E-state index >= 15 is 0 Å². The van der Waals surface area contributed by atoms with Crippen molar-refractivity contribution in [3.05, 3.63) is 34.9 Å². The number of amides is 2. The van der Waals surface area contributed by atoms with Gasteiger partial charge in [-0.05, 0) is 55.9 Å². The van der Waals surface area contributed by atoms with Gasteiger partial charge in [0, 0.05) is 25.2 Å². The molecule has 13 heteroatoms. The van der Waals surface area contributed by atoms with Crippen molar-refractivity contribution in [1.82, 2.24) is 14.7 Å². The molecule has 37 heavy (non-hydrogen) atoms. The summed E-state index contributed by atoms with van der Waals surface area (Å²) >= 11 is 0. The van der Waals surface area contributed by atoms with Crippen molar-refractivity contribution in [2.75, 3.05) is 13.1 Å². The van der Waals surface area contributed by atoms with Crippen molar-refractivity contribution < 1.29 is 35.9 Å². The summed E-state index contributed by atoms with van der Waals surface area (Å²) in [5.74, 6) is -0.442. The first kappa shape index (κ1) is 25.8. The fourth-order valence-corrected chi connectivity index (χ4v) is 6.19. The number of hydrogen-bond donors (Lipinski definition) is 1. The van der Waals surface area contributed by atoms with Gasteiger partial charge in [0.25, 0.3) is 0 Å². The molecule has 2 amide bonds. The first-order chi connectivity index (χ1) is 17.2. The minimum Gasteiger partial charge on any atom is -0.330 e. The lowest BCUT2D eigenvalue weighted by molar-refractivity contribution is -0.143. The topological polar surface area (TPSA) is 93.7 Å². The molecular formula is C24H25F6N5O2. The molecule has 1 aliphatic carbocycles. The zero-order valence-electron chi connectivity index (χ0n) is 19.8. The van der Waals surface area contributed by atoms with Crippen molar-refractivity contribution in [3.63, 3.8) is 0 Å². The fourth-order valence-electron chi connectivity index (χ4n) is 6.19. The molecule has 7 nitrogen and oxygen atoms in total. The minimum atomic E-state index is -4.98. The highest BCUT2D eigenvalue weighted by atomic mass is 19.4. The Kier molecular flexibility index (Phi) is 5.99. The molecule has 2 bridgehead atoms. The number of carbonyl (C=O) groups excluding carboxylic acids is 2. The van der Waals surface area contributed by atoms with Crippen LogP contribution in [0.3, 0.4) is 0 Å². The van der Waals surface area contributed by atoms with Gasteiger partial charge in [-0.1, -0.05) is 0 Å². The Hall–Kier alpha value is -2.85. The SMILES string of the molecule is CC(c1cc(C(F)(F)F)cc(C(F)(F)F)c1)N1C(=O)C2CC1CN2CC(N)C(=O)N1C(C#N)C[C@@H]2CC21. The van der Waals surface area contributed by atoms with Gasteiger partial charge in [0.15, 0.2) is 0 Å². The average molecular weight is 529 g/mol. The van der Waals surface area contributed by atoms with Gasteiger partial charge in [-0.3, -0.25) is 14.5 Å². The van der Waals surface area contributed by atoms with Crippen LogP contribution < -0.4 is 5.73 Å². The van der Waals surface area contributed by atoms with E-state index in [1.807, 2.05) is 0 Å². The number of likely N-dealkylation sites (tertiary alicyclic amines) is 3. The second-order valence-electron chi connectivity index (χ2n) is 10.4. The lowest BCUT2D eigenvalue weighted by Crippen LogP contribution is -2.57. The van der Waals surface area contributed by atoms with Crippen LogP contribution >= 0.6 is 0 Å². The third-order valence-corrected chi connectivity index (χ3v) is 8.08. The highest BCUT2D eigenvalue weighted by Crippen LogP contribution is 2.48. The number of benzene rings is 1. The molecule has 1 saturated carbocycles. The second-order valence-corrected chi connectivity index (χ2v) is 10.4. The lowest BCUT2D eigenvalue weighted by Gasteiger charge is -2.39. The van der Waals surface area contributed by atoms with Gasteiger partial charge < -0.3 is 15.5 Å². The van der Waals surface area contributed by atoms with E-state index < -0.39 is 59.6 Å². The van der Waals surface area contributed by atoms with Gasteiger partial charge in [0.2, 0.25) is 11.8 Å². The Bertz CT molecular complexity index is 1130. The molecule has 1 aromatic rings. The summed E-state index contributed by atoms with van der Waals surface area (Å²) in [6.45, 7) is 1.78. The number of piperidine rings is 1. The minimum absolute atomic E-state index is 0.0326. The average Bonchev–Trinajstić information content (AvgIpc) is 3.15. The normalized spacial score (nSPS) is 30.9. The van der Waals surface area contributed by atoms with Crippen LogP contribution in [0.25, 0.3) is 0 Å². The molecule has 3 heterocycles. The molecule has 2 N–H and O–H groups in total. The highest BCUT2D eigenvalue weighted by molar-refractivity contribution is 5.87. The molecule has 7 atom stereocenters. The molecule has 4 fully saturated rings. The van der Waals surface area contributed by atoms with Crippen LogP contribution in [0.5, 0.6) is 0 Å². The Morgan fingerprint density at radius 2 is 1.73 bits per heavy atom. The van der Waals surface area contributed by atoms with E-state index in [2.05, 4.69) is 6.07 Å². The zero-order valence-corrected chi connectivity index (χ0v) is 19.8. The predicted octanol–water partition coefficient (Wildman–Crippen LogP) is 2.91. The van der Waals surface area contributed by atoms with Crippen LogP contribution in [0.15, 0.2) is 18.2 Å². The van der Waals surface area contributed by atoms with E-state index in [1.165, 1.54) is 11.8 Å². The number of nitrogens with zero attached hydrogens (tertiary/aromatic N) is 4. The number of hydrogen-bond acceptors (Lipinski definition) is 5. The van der Waals surface area contributed by atoms with Gasteiger partial charge >= 0.3 is 12.4 Å². The summed E-state index contributed by atoms with van der Waals surface area (Å²) < 4.78 is 79.9. The maximum Gasteiger partial charge on any atom is 0.416 e. The molecule has 0 spiro atoms. The standard InChI is InChI=1S/C24H25F6N5O2/c1-11(12-2-14(23(25,26)27)6-15(3-12)24(28,29)30)34-17-7-20(22(34)37)33(9-17)10-18(32)21(36)35-16(8-31)4-13-5-19(13)35/h2-3,6,11,13,16-20H,4-5,7,9-10,32H2,1H3/t11?,13-,16?,17?,18?,19?,20?/m1/s1. The summed E-state index contributed by atoms with van der Waals surface area (Å²) in [6.07, 6.45) is -8.15. The number of halogens is 6. The number of piperazine rings is 1. The molecule has 0 radical (unpaired) electrons. The van der Waals surface area contributed by atoms with Crippen LogP contribution in [0.4, 0.5) is 26.3 Å². The maximum atomic E-state index is 13.3. The third kappa shape index (κ3) is 4.44. The predicted molar refractivity (Wildman–Crippen MR) is 116 cm³/mol. The Morgan fingerprint density at radius 3 is 2.27 bits per heavy atom. The van der Waals surface area contributed by atoms with Crippen molar-refractivity contribution in [3.8, 4) is 6.07 Å². The van der Waals surface area contributed by atoms with Gasteiger partial charge in [-0.15, -0.1) is 0 Å². The van der Waals surface area contributed by atoms with Crippen LogP contribution in [0.2, 0.25) is 0 Å². The molecule has 4 aliphatic rings. The molecule has 200 valence electrons. The lowest BCUT2D eigenvalue weighted by atomic mass is 9.98. The fraction of sp³-hybridized carbons (Fsp3) is 0.625. The van der Waals surface area contributed by atoms with E-state index in [0.717, 1.165) is 6.42 Å². The molecule has 3 aliphatic heterocycles. The van der Waals surface area contributed by atoms with E-state index in [-0.39, 0.29) is 30.1 Å². The molecule has 1 aromatic carbocycles. The summed E-state index contributed by atoms with van der Waals surface area (Å²) in [4.78, 5) is 30.8. The molecule has 3 saturated heterocycles. The molecular weight excluding hydrogens is 504 g/mol. The Balaban J connectivity index is 1.30. The van der Waals surface area contributed by atoms with Gasteiger partial charge in [0.05, 0.1) is 35.3 Å². The summed E-state index contributed by atoms with van der Waals surface area (Å²) in [5.41, 5.74) is 3.06. The summed E-state index contributed by atoms with van der Waals surface area (Å²) in [6, 6.07) is -0.0555. The molecule has 6 unspecified atom stereocenters. The van der Waals surface area contributed by atoms with Crippen LogP contribution in [-0.4, -0.2) is 69.8 Å². The van der Waals surface area contributed by atoms with Gasteiger partial charge in [-0.2, -0.15) is 31.6 Å². The van der Waals surface area contributed by atoms with E-state index in [0.29, 0.717) is 37.4 Å². The van der Waals surface area contributed by atoms with Gasteiger partial charge in [-0.25, -0.2) is 0 Å². The third-order valence-electron chi connectivity index (χ3n) is 8.08. The number of nitrogens with two attached hydrogens (primary N) is 1. The van der Waals surface area contributed by atoms with Crippen LogP contribution in [0, 0.1) is 17.2 Å². The van der Waals surface area contributed by atoms with Crippen LogP contribution in [0.1, 0.15) is 48.9 Å².